The van der Waals surface area contributed by atoms with Gasteiger partial charge in [0.15, 0.2) is 5.78 Å². The molecule has 2 fully saturated rings. The molecular formula is C30H40FN5O3S. The van der Waals surface area contributed by atoms with E-state index in [9.17, 15) is 9.18 Å². The number of thiophene rings is 1. The van der Waals surface area contributed by atoms with E-state index in [1.54, 1.807) is 13.2 Å². The topological polar surface area (TPSA) is 79.8 Å². The van der Waals surface area contributed by atoms with E-state index in [1.165, 1.54) is 29.8 Å². The zero-order valence-corrected chi connectivity index (χ0v) is 24.6. The minimum Gasteiger partial charge on any atom is -0.488 e. The number of likely N-dealkylation sites (N-methyl/N-ethyl adjacent to an activating group) is 1. The van der Waals surface area contributed by atoms with Gasteiger partial charge in [-0.3, -0.25) is 4.79 Å². The summed E-state index contributed by atoms with van der Waals surface area (Å²) in [6.45, 7) is 7.42. The number of hydrogen-bond donors (Lipinski definition) is 1. The van der Waals surface area contributed by atoms with Crippen molar-refractivity contribution < 1.29 is 18.7 Å². The number of halogens is 1. The summed E-state index contributed by atoms with van der Waals surface area (Å²) >= 11 is 1.42. The third-order valence-corrected chi connectivity index (χ3v) is 9.39. The molecule has 2 aliphatic rings. The van der Waals surface area contributed by atoms with Crippen molar-refractivity contribution in [3.8, 4) is 5.75 Å². The van der Waals surface area contributed by atoms with Crippen LogP contribution in [0.5, 0.6) is 5.75 Å². The second kappa shape index (κ2) is 13.3. The number of piperazine rings is 1. The van der Waals surface area contributed by atoms with Crippen LogP contribution in [0, 0.1) is 12.7 Å². The maximum Gasteiger partial charge on any atom is 0.173 e. The molecule has 1 saturated heterocycles. The quantitative estimate of drug-likeness (QED) is 0.229. The number of carbonyl (C=O) groups excluding carboxylic acids is 1. The monoisotopic (exact) mass is 569 g/mol. The van der Waals surface area contributed by atoms with Crippen molar-refractivity contribution in [1.29, 1.82) is 0 Å². The zero-order chi connectivity index (χ0) is 28.1. The molecule has 0 bridgehead atoms. The van der Waals surface area contributed by atoms with Crippen molar-refractivity contribution in [2.24, 2.45) is 0 Å². The maximum atomic E-state index is 14.2. The number of nitrogens with zero attached hydrogens (tertiary/aromatic N) is 4. The van der Waals surface area contributed by atoms with Crippen molar-refractivity contribution in [2.45, 2.75) is 64.1 Å². The Morgan fingerprint density at radius 3 is 2.60 bits per heavy atom. The highest BCUT2D eigenvalue weighted by Crippen LogP contribution is 2.38. The SMILES string of the molecule is COC1CCC(Oc2cc(F)ccc2Nc2ncnc3sc(C(=O)CCCCN4CCN(C)CC4)c(C)c23)CC1. The summed E-state index contributed by atoms with van der Waals surface area (Å²) in [7, 11) is 3.90. The molecular weight excluding hydrogens is 529 g/mol. The molecule has 0 atom stereocenters. The van der Waals surface area contributed by atoms with Crippen LogP contribution in [0.3, 0.4) is 0 Å². The van der Waals surface area contributed by atoms with Crippen LogP contribution in [-0.4, -0.2) is 84.6 Å². The fourth-order valence-corrected chi connectivity index (χ4v) is 6.74. The highest BCUT2D eigenvalue weighted by molar-refractivity contribution is 7.20. The molecule has 40 heavy (non-hydrogen) atoms. The number of ether oxygens (including phenoxy) is 2. The number of ketones is 1. The van der Waals surface area contributed by atoms with Gasteiger partial charge in [-0.2, -0.15) is 0 Å². The summed E-state index contributed by atoms with van der Waals surface area (Å²) in [5, 5.41) is 4.18. The van der Waals surface area contributed by atoms with Crippen LogP contribution in [-0.2, 0) is 4.74 Å². The second-order valence-corrected chi connectivity index (χ2v) is 12.0. The number of nitrogens with one attached hydrogen (secondary N) is 1. The molecule has 2 aromatic heterocycles. The van der Waals surface area contributed by atoms with E-state index in [-0.39, 0.29) is 23.8 Å². The lowest BCUT2D eigenvalue weighted by Crippen LogP contribution is -2.44. The normalized spacial score (nSPS) is 20.6. The lowest BCUT2D eigenvalue weighted by atomic mass is 9.95. The first-order chi connectivity index (χ1) is 19.4. The lowest BCUT2D eigenvalue weighted by Gasteiger charge is -2.32. The van der Waals surface area contributed by atoms with Gasteiger partial charge in [0.05, 0.1) is 28.2 Å². The molecule has 0 radical (unpaired) electrons. The fraction of sp³-hybridized carbons (Fsp3) is 0.567. The Bertz CT molecular complexity index is 1300. The van der Waals surface area contributed by atoms with E-state index in [1.807, 2.05) is 6.92 Å². The van der Waals surface area contributed by atoms with Crippen molar-refractivity contribution in [1.82, 2.24) is 19.8 Å². The minimum atomic E-state index is -0.355. The number of aromatic nitrogens is 2. The zero-order valence-electron chi connectivity index (χ0n) is 23.7. The number of unbranched alkanes of at least 4 members (excludes halogenated alkanes) is 1. The van der Waals surface area contributed by atoms with Gasteiger partial charge in [-0.05, 0) is 76.7 Å². The van der Waals surface area contributed by atoms with Crippen LogP contribution < -0.4 is 10.1 Å². The van der Waals surface area contributed by atoms with Crippen LogP contribution in [0.4, 0.5) is 15.9 Å². The molecule has 1 aromatic carbocycles. The van der Waals surface area contributed by atoms with Gasteiger partial charge >= 0.3 is 0 Å². The Hall–Kier alpha value is -2.66. The number of fused-ring (bicyclic) bond motifs is 1. The van der Waals surface area contributed by atoms with Crippen LogP contribution in [0.25, 0.3) is 10.2 Å². The van der Waals surface area contributed by atoms with E-state index < -0.39 is 0 Å². The summed E-state index contributed by atoms with van der Waals surface area (Å²) in [6, 6.07) is 4.50. The van der Waals surface area contributed by atoms with Gasteiger partial charge < -0.3 is 24.6 Å². The standard InChI is InChI=1S/C30H40FN5O3S/c1-20-27-29(34-24-12-7-21(31)18-26(24)39-23-10-8-22(38-3)9-11-23)32-19-33-30(27)40-28(20)25(37)6-4-5-13-36-16-14-35(2)15-17-36/h7,12,18-19,22-23H,4-6,8-11,13-17H2,1-3H3,(H,32,33,34). The van der Waals surface area contributed by atoms with Crippen molar-refractivity contribution >= 4 is 38.8 Å². The van der Waals surface area contributed by atoms with Crippen LogP contribution in [0.2, 0.25) is 0 Å². The largest absolute Gasteiger partial charge is 0.488 e. The first-order valence-electron chi connectivity index (χ1n) is 14.4. The van der Waals surface area contributed by atoms with E-state index in [0.29, 0.717) is 23.7 Å². The number of carbonyl (C=O) groups is 1. The Kier molecular flexibility index (Phi) is 9.62. The summed E-state index contributed by atoms with van der Waals surface area (Å²) in [4.78, 5) is 28.5. The predicted octanol–water partition coefficient (Wildman–Crippen LogP) is 5.82. The van der Waals surface area contributed by atoms with Gasteiger partial charge in [0.25, 0.3) is 0 Å². The second-order valence-electron chi connectivity index (χ2n) is 11.0. The molecule has 8 nitrogen and oxygen atoms in total. The predicted molar refractivity (Wildman–Crippen MR) is 158 cm³/mol. The maximum absolute atomic E-state index is 14.2. The molecule has 216 valence electrons. The van der Waals surface area contributed by atoms with Crippen molar-refractivity contribution in [3.05, 3.63) is 40.8 Å². The van der Waals surface area contributed by atoms with E-state index in [4.69, 9.17) is 9.47 Å². The van der Waals surface area contributed by atoms with Gasteiger partial charge in [-0.1, -0.05) is 0 Å². The molecule has 0 unspecified atom stereocenters. The highest BCUT2D eigenvalue weighted by Gasteiger charge is 2.24. The van der Waals surface area contributed by atoms with Gasteiger partial charge in [-0.25, -0.2) is 14.4 Å². The molecule has 1 aliphatic carbocycles. The molecule has 5 rings (SSSR count). The Morgan fingerprint density at radius 2 is 1.85 bits per heavy atom. The molecule has 1 aliphatic heterocycles. The number of Topliss-reactive ketones (excluding diaryl/α,β-unsaturated/α-hetero) is 1. The van der Waals surface area contributed by atoms with Gasteiger partial charge in [0, 0.05) is 45.8 Å². The van der Waals surface area contributed by atoms with Crippen LogP contribution in [0.15, 0.2) is 24.5 Å². The van der Waals surface area contributed by atoms with E-state index >= 15 is 0 Å². The average molecular weight is 570 g/mol. The molecule has 3 heterocycles. The summed E-state index contributed by atoms with van der Waals surface area (Å²) in [6.07, 6.45) is 7.74. The third-order valence-electron chi connectivity index (χ3n) is 8.15. The molecule has 1 saturated carbocycles. The van der Waals surface area contributed by atoms with Gasteiger partial charge in [0.2, 0.25) is 0 Å². The first-order valence-corrected chi connectivity index (χ1v) is 15.2. The highest BCUT2D eigenvalue weighted by atomic mass is 32.1. The molecule has 3 aromatic rings. The Balaban J connectivity index is 1.26. The third kappa shape index (κ3) is 6.97. The number of rotatable bonds is 11. The molecule has 1 N–H and O–H groups in total. The average Bonchev–Trinajstić information content (AvgIpc) is 3.31. The van der Waals surface area contributed by atoms with Crippen molar-refractivity contribution in [2.75, 3.05) is 52.2 Å². The van der Waals surface area contributed by atoms with Crippen LogP contribution in [0.1, 0.15) is 60.2 Å². The van der Waals surface area contributed by atoms with Gasteiger partial charge in [-0.15, -0.1) is 11.3 Å². The van der Waals surface area contributed by atoms with Crippen LogP contribution >= 0.6 is 11.3 Å². The van der Waals surface area contributed by atoms with E-state index in [2.05, 4.69) is 32.1 Å². The smallest absolute Gasteiger partial charge is 0.173 e. The summed E-state index contributed by atoms with van der Waals surface area (Å²) in [5.41, 5.74) is 1.52. The molecule has 10 heteroatoms. The number of benzene rings is 1. The molecule has 0 spiro atoms. The number of hydrogen-bond acceptors (Lipinski definition) is 9. The van der Waals surface area contributed by atoms with E-state index in [0.717, 1.165) is 91.9 Å². The minimum absolute atomic E-state index is 0.00234. The summed E-state index contributed by atoms with van der Waals surface area (Å²) in [5.74, 6) is 0.845. The number of methoxy groups -OCH3 is 1. The lowest BCUT2D eigenvalue weighted by molar-refractivity contribution is 0.0329. The number of anilines is 2. The Labute approximate surface area is 239 Å². The van der Waals surface area contributed by atoms with Crippen molar-refractivity contribution in [3.63, 3.8) is 0 Å². The van der Waals surface area contributed by atoms with Gasteiger partial charge in [0.1, 0.15) is 28.5 Å². The Morgan fingerprint density at radius 1 is 1.10 bits per heavy atom. The number of aryl methyl sites for hydroxylation is 1. The first kappa shape index (κ1) is 28.9. The summed E-state index contributed by atoms with van der Waals surface area (Å²) < 4.78 is 26.0. The molecule has 0 amide bonds. The fourth-order valence-electron chi connectivity index (χ4n) is 5.63.